The van der Waals surface area contributed by atoms with E-state index < -0.39 is 0 Å². The van der Waals surface area contributed by atoms with E-state index in [1.54, 1.807) is 0 Å². The maximum Gasteiger partial charge on any atom is 0.255 e. The predicted octanol–water partition coefficient (Wildman–Crippen LogP) is 3.82. The summed E-state index contributed by atoms with van der Waals surface area (Å²) < 4.78 is 1.91. The maximum atomic E-state index is 12.8. The highest BCUT2D eigenvalue weighted by Crippen LogP contribution is 2.26. The standard InChI is InChI=1S/C19H26N2O/c1-6-20-12-16-9-10-18(21(13(2)3)19(16)22)17-11-14(4)7-8-15(17)5/h7-11,13,20H,6,12H2,1-5H3. The number of aromatic nitrogens is 1. The molecule has 1 aromatic carbocycles. The summed E-state index contributed by atoms with van der Waals surface area (Å²) in [5.74, 6) is 0. The van der Waals surface area contributed by atoms with E-state index in [2.05, 4.69) is 57.3 Å². The van der Waals surface area contributed by atoms with Crippen LogP contribution in [0.1, 0.15) is 43.5 Å². The average Bonchev–Trinajstić information content (AvgIpc) is 2.48. The molecule has 0 aliphatic carbocycles. The van der Waals surface area contributed by atoms with Gasteiger partial charge < -0.3 is 9.88 Å². The van der Waals surface area contributed by atoms with E-state index in [0.29, 0.717) is 6.54 Å². The predicted molar refractivity (Wildman–Crippen MR) is 93.4 cm³/mol. The van der Waals surface area contributed by atoms with Crippen LogP contribution in [0, 0.1) is 13.8 Å². The molecule has 0 aliphatic rings. The summed E-state index contributed by atoms with van der Waals surface area (Å²) >= 11 is 0. The van der Waals surface area contributed by atoms with Crippen LogP contribution >= 0.6 is 0 Å². The Kier molecular flexibility index (Phi) is 5.19. The second-order valence-corrected chi connectivity index (χ2v) is 6.11. The Morgan fingerprint density at radius 2 is 1.86 bits per heavy atom. The van der Waals surface area contributed by atoms with E-state index in [4.69, 9.17) is 0 Å². The number of nitrogens with one attached hydrogen (secondary N) is 1. The molecule has 0 fully saturated rings. The molecule has 0 saturated carbocycles. The van der Waals surface area contributed by atoms with Crippen molar-refractivity contribution >= 4 is 0 Å². The number of rotatable bonds is 5. The summed E-state index contributed by atoms with van der Waals surface area (Å²) in [7, 11) is 0. The maximum absolute atomic E-state index is 12.8. The molecule has 0 radical (unpaired) electrons. The minimum atomic E-state index is 0.106. The molecule has 0 atom stereocenters. The molecule has 3 heteroatoms. The average molecular weight is 298 g/mol. The van der Waals surface area contributed by atoms with Crippen molar-refractivity contribution in [3.8, 4) is 11.3 Å². The van der Waals surface area contributed by atoms with Crippen molar-refractivity contribution in [1.29, 1.82) is 0 Å². The molecule has 118 valence electrons. The van der Waals surface area contributed by atoms with Crippen molar-refractivity contribution in [2.24, 2.45) is 0 Å². The van der Waals surface area contributed by atoms with Gasteiger partial charge in [-0.15, -0.1) is 0 Å². The lowest BCUT2D eigenvalue weighted by Gasteiger charge is -2.19. The van der Waals surface area contributed by atoms with Gasteiger partial charge in [-0.25, -0.2) is 0 Å². The molecule has 1 N–H and O–H groups in total. The van der Waals surface area contributed by atoms with Crippen LogP contribution in [0.3, 0.4) is 0 Å². The molecule has 0 bridgehead atoms. The SMILES string of the molecule is CCNCc1ccc(-c2cc(C)ccc2C)n(C(C)C)c1=O. The van der Waals surface area contributed by atoms with Crippen molar-refractivity contribution in [3.05, 3.63) is 57.4 Å². The van der Waals surface area contributed by atoms with E-state index in [1.807, 2.05) is 17.6 Å². The number of hydrogen-bond acceptors (Lipinski definition) is 2. The molecule has 2 rings (SSSR count). The van der Waals surface area contributed by atoms with Gasteiger partial charge in [0.25, 0.3) is 5.56 Å². The second-order valence-electron chi connectivity index (χ2n) is 6.11. The fraction of sp³-hybridized carbons (Fsp3) is 0.421. The molecule has 1 aromatic heterocycles. The Morgan fingerprint density at radius 3 is 2.50 bits per heavy atom. The summed E-state index contributed by atoms with van der Waals surface area (Å²) in [5.41, 5.74) is 5.47. The highest BCUT2D eigenvalue weighted by Gasteiger charge is 2.14. The largest absolute Gasteiger partial charge is 0.313 e. The third-order valence-electron chi connectivity index (χ3n) is 3.95. The van der Waals surface area contributed by atoms with E-state index in [1.165, 1.54) is 11.1 Å². The van der Waals surface area contributed by atoms with Gasteiger partial charge in [0.15, 0.2) is 0 Å². The van der Waals surface area contributed by atoms with Crippen LogP contribution in [0.15, 0.2) is 35.1 Å². The molecule has 0 unspecified atom stereocenters. The Morgan fingerprint density at radius 1 is 1.14 bits per heavy atom. The smallest absolute Gasteiger partial charge is 0.255 e. The summed E-state index contributed by atoms with van der Waals surface area (Å²) in [5, 5.41) is 3.24. The lowest BCUT2D eigenvalue weighted by molar-refractivity contribution is 0.574. The lowest BCUT2D eigenvalue weighted by atomic mass is 10.0. The molecule has 3 nitrogen and oxygen atoms in total. The molecule has 0 aliphatic heterocycles. The quantitative estimate of drug-likeness (QED) is 0.910. The number of aryl methyl sites for hydroxylation is 2. The van der Waals surface area contributed by atoms with Crippen LogP contribution < -0.4 is 10.9 Å². The van der Waals surface area contributed by atoms with E-state index >= 15 is 0 Å². The minimum Gasteiger partial charge on any atom is -0.313 e. The van der Waals surface area contributed by atoms with E-state index in [0.717, 1.165) is 23.4 Å². The molecule has 22 heavy (non-hydrogen) atoms. The lowest BCUT2D eigenvalue weighted by Crippen LogP contribution is -2.29. The zero-order valence-electron chi connectivity index (χ0n) is 14.2. The molecule has 0 spiro atoms. The van der Waals surface area contributed by atoms with Gasteiger partial charge in [0, 0.05) is 23.7 Å². The Balaban J connectivity index is 2.64. The molecule has 2 aromatic rings. The van der Waals surface area contributed by atoms with Gasteiger partial charge in [-0.1, -0.05) is 30.7 Å². The molecule has 1 heterocycles. The molecule has 0 saturated heterocycles. The molecule has 0 amide bonds. The summed E-state index contributed by atoms with van der Waals surface area (Å²) in [6, 6.07) is 10.6. The Bertz CT molecular complexity index is 714. The third kappa shape index (κ3) is 3.30. The van der Waals surface area contributed by atoms with Crippen LogP contribution in [0.2, 0.25) is 0 Å². The van der Waals surface area contributed by atoms with Crippen LogP contribution in [-0.4, -0.2) is 11.1 Å². The zero-order valence-corrected chi connectivity index (χ0v) is 14.2. The van der Waals surface area contributed by atoms with Gasteiger partial charge in [0.05, 0.1) is 5.69 Å². The highest BCUT2D eigenvalue weighted by molar-refractivity contribution is 5.65. The van der Waals surface area contributed by atoms with Gasteiger partial charge in [0.1, 0.15) is 0 Å². The van der Waals surface area contributed by atoms with Gasteiger partial charge >= 0.3 is 0 Å². The van der Waals surface area contributed by atoms with Crippen LogP contribution in [0.25, 0.3) is 11.3 Å². The van der Waals surface area contributed by atoms with Crippen molar-refractivity contribution in [1.82, 2.24) is 9.88 Å². The second kappa shape index (κ2) is 6.93. The number of nitrogens with zero attached hydrogens (tertiary/aromatic N) is 1. The zero-order chi connectivity index (χ0) is 16.3. The first kappa shape index (κ1) is 16.5. The van der Waals surface area contributed by atoms with Crippen LogP contribution in [0.4, 0.5) is 0 Å². The summed E-state index contributed by atoms with van der Waals surface area (Å²) in [6.07, 6.45) is 0. The highest BCUT2D eigenvalue weighted by atomic mass is 16.1. The normalized spacial score (nSPS) is 11.2. The Hall–Kier alpha value is -1.87. The first-order valence-electron chi connectivity index (χ1n) is 7.98. The fourth-order valence-corrected chi connectivity index (χ4v) is 2.73. The summed E-state index contributed by atoms with van der Waals surface area (Å²) in [6.45, 7) is 11.8. The molecular formula is C19H26N2O. The Labute approximate surface area is 133 Å². The van der Waals surface area contributed by atoms with Crippen molar-refractivity contribution in [2.75, 3.05) is 6.54 Å². The van der Waals surface area contributed by atoms with Crippen LogP contribution in [0.5, 0.6) is 0 Å². The molecular weight excluding hydrogens is 272 g/mol. The third-order valence-corrected chi connectivity index (χ3v) is 3.95. The van der Waals surface area contributed by atoms with E-state index in [9.17, 15) is 4.79 Å². The van der Waals surface area contributed by atoms with Gasteiger partial charge in [-0.3, -0.25) is 4.79 Å². The number of hydrogen-bond donors (Lipinski definition) is 1. The summed E-state index contributed by atoms with van der Waals surface area (Å²) in [4.78, 5) is 12.8. The number of pyridine rings is 1. The van der Waals surface area contributed by atoms with Gasteiger partial charge in [0.2, 0.25) is 0 Å². The minimum absolute atomic E-state index is 0.106. The van der Waals surface area contributed by atoms with Gasteiger partial charge in [-0.05, 0) is 51.9 Å². The van der Waals surface area contributed by atoms with Crippen molar-refractivity contribution in [3.63, 3.8) is 0 Å². The van der Waals surface area contributed by atoms with Crippen LogP contribution in [-0.2, 0) is 6.54 Å². The fourth-order valence-electron chi connectivity index (χ4n) is 2.73. The first-order chi connectivity index (χ1) is 10.5. The van der Waals surface area contributed by atoms with E-state index in [-0.39, 0.29) is 11.6 Å². The topological polar surface area (TPSA) is 34.0 Å². The monoisotopic (exact) mass is 298 g/mol. The van der Waals surface area contributed by atoms with Gasteiger partial charge in [-0.2, -0.15) is 0 Å². The first-order valence-corrected chi connectivity index (χ1v) is 7.98. The van der Waals surface area contributed by atoms with Crippen molar-refractivity contribution < 1.29 is 0 Å². The van der Waals surface area contributed by atoms with Crippen molar-refractivity contribution in [2.45, 2.75) is 47.2 Å². The number of benzene rings is 1.